The molecule has 0 saturated carbocycles. The molecule has 170 valence electrons. The Kier molecular flexibility index (Phi) is 8.00. The Labute approximate surface area is 189 Å². The van der Waals surface area contributed by atoms with Gasteiger partial charge in [0.05, 0.1) is 18.2 Å². The van der Waals surface area contributed by atoms with E-state index in [0.717, 1.165) is 24.8 Å². The van der Waals surface area contributed by atoms with Crippen molar-refractivity contribution >= 4 is 17.4 Å². The van der Waals surface area contributed by atoms with Crippen LogP contribution in [0, 0.1) is 0 Å². The number of Topliss-reactive ketones (excluding diaryl/α,β-unsaturated/α-hetero) is 1. The molecule has 1 amide bonds. The van der Waals surface area contributed by atoms with Gasteiger partial charge >= 0.3 is 0 Å². The highest BCUT2D eigenvalue weighted by Crippen LogP contribution is 2.40. The van der Waals surface area contributed by atoms with Crippen molar-refractivity contribution in [1.82, 2.24) is 14.8 Å². The number of rotatable bonds is 10. The number of ether oxygens (including phenoxy) is 1. The van der Waals surface area contributed by atoms with Crippen LogP contribution in [0.25, 0.3) is 5.76 Å². The summed E-state index contributed by atoms with van der Waals surface area (Å²) in [4.78, 5) is 33.4. The van der Waals surface area contributed by atoms with Crippen LogP contribution in [0.15, 0.2) is 54.4 Å². The van der Waals surface area contributed by atoms with Crippen molar-refractivity contribution in [2.75, 3.05) is 33.8 Å². The molecule has 0 aliphatic carbocycles. The van der Waals surface area contributed by atoms with Crippen LogP contribution < -0.4 is 4.74 Å². The van der Waals surface area contributed by atoms with E-state index in [-0.39, 0.29) is 11.3 Å². The number of ketones is 1. The first-order valence-corrected chi connectivity index (χ1v) is 11.0. The van der Waals surface area contributed by atoms with Gasteiger partial charge in [0.25, 0.3) is 11.7 Å². The van der Waals surface area contributed by atoms with E-state index in [2.05, 4.69) is 11.9 Å². The Bertz CT molecular complexity index is 972. The monoisotopic (exact) mass is 437 g/mol. The van der Waals surface area contributed by atoms with E-state index in [9.17, 15) is 14.7 Å². The average Bonchev–Trinajstić information content (AvgIpc) is 3.05. The molecule has 1 N–H and O–H groups in total. The summed E-state index contributed by atoms with van der Waals surface area (Å²) in [6.07, 6.45) is 6.24. The van der Waals surface area contributed by atoms with Gasteiger partial charge in [-0.25, -0.2) is 0 Å². The lowest BCUT2D eigenvalue weighted by Crippen LogP contribution is -2.35. The number of carbonyl (C=O) groups is 2. The summed E-state index contributed by atoms with van der Waals surface area (Å²) in [6, 6.07) is 9.97. The standard InChI is InChI=1S/C25H31N3O4/c1-4-5-6-16-32-20-9-7-8-19(17-20)22-21(23(29)18-10-12-26-13-11-18)24(30)25(31)28(22)15-14-27(2)3/h7-13,17,22,29H,4-6,14-16H2,1-3H3. The Morgan fingerprint density at radius 1 is 1.16 bits per heavy atom. The molecule has 1 atom stereocenters. The van der Waals surface area contributed by atoms with E-state index < -0.39 is 17.7 Å². The maximum atomic E-state index is 13.0. The largest absolute Gasteiger partial charge is 0.507 e. The minimum atomic E-state index is -0.692. The number of nitrogens with zero attached hydrogens (tertiary/aromatic N) is 3. The third-order valence-electron chi connectivity index (χ3n) is 5.47. The maximum Gasteiger partial charge on any atom is 0.295 e. The van der Waals surface area contributed by atoms with Gasteiger partial charge in [0.1, 0.15) is 11.5 Å². The molecule has 7 heteroatoms. The second kappa shape index (κ2) is 10.9. The van der Waals surface area contributed by atoms with Gasteiger partial charge in [-0.05, 0) is 50.3 Å². The first-order chi connectivity index (χ1) is 15.4. The highest BCUT2D eigenvalue weighted by Gasteiger charge is 2.46. The number of hydrogen-bond acceptors (Lipinski definition) is 6. The molecule has 1 aliphatic heterocycles. The zero-order chi connectivity index (χ0) is 23.1. The number of carbonyl (C=O) groups excluding carboxylic acids is 2. The molecule has 1 fully saturated rings. The number of aromatic nitrogens is 1. The van der Waals surface area contributed by atoms with Crippen LogP contribution in [0.5, 0.6) is 5.75 Å². The average molecular weight is 438 g/mol. The molecule has 32 heavy (non-hydrogen) atoms. The van der Waals surface area contributed by atoms with Gasteiger partial charge in [0, 0.05) is 31.0 Å². The summed E-state index contributed by atoms with van der Waals surface area (Å²) in [5, 5.41) is 11.0. The number of pyridine rings is 1. The predicted octanol–water partition coefficient (Wildman–Crippen LogP) is 3.63. The van der Waals surface area contributed by atoms with E-state index in [0.29, 0.717) is 31.0 Å². The highest BCUT2D eigenvalue weighted by atomic mass is 16.5. The second-order valence-electron chi connectivity index (χ2n) is 8.16. The Morgan fingerprint density at radius 2 is 1.91 bits per heavy atom. The van der Waals surface area contributed by atoms with Crippen LogP contribution in [-0.4, -0.2) is 65.4 Å². The number of amides is 1. The van der Waals surface area contributed by atoms with Gasteiger partial charge in [-0.15, -0.1) is 0 Å². The molecule has 1 saturated heterocycles. The first-order valence-electron chi connectivity index (χ1n) is 11.0. The number of aliphatic hydroxyl groups is 1. The molecule has 0 spiro atoms. The van der Waals surface area contributed by atoms with E-state index in [1.54, 1.807) is 12.1 Å². The Balaban J connectivity index is 2.02. The predicted molar refractivity (Wildman–Crippen MR) is 123 cm³/mol. The van der Waals surface area contributed by atoms with Crippen molar-refractivity contribution < 1.29 is 19.4 Å². The van der Waals surface area contributed by atoms with Crippen molar-refractivity contribution in [2.45, 2.75) is 32.2 Å². The maximum absolute atomic E-state index is 13.0. The van der Waals surface area contributed by atoms with Crippen molar-refractivity contribution in [1.29, 1.82) is 0 Å². The molecule has 1 aromatic carbocycles. The van der Waals surface area contributed by atoms with Crippen molar-refractivity contribution in [2.24, 2.45) is 0 Å². The summed E-state index contributed by atoms with van der Waals surface area (Å²) in [7, 11) is 3.82. The summed E-state index contributed by atoms with van der Waals surface area (Å²) >= 11 is 0. The van der Waals surface area contributed by atoms with Gasteiger partial charge in [-0.3, -0.25) is 14.6 Å². The molecular weight excluding hydrogens is 406 g/mol. The first kappa shape index (κ1) is 23.5. The van der Waals surface area contributed by atoms with Gasteiger partial charge < -0.3 is 19.6 Å². The van der Waals surface area contributed by atoms with Gasteiger partial charge in [0.15, 0.2) is 0 Å². The SMILES string of the molecule is CCCCCOc1cccc(C2C(=C(O)c3ccncc3)C(=O)C(=O)N2CCN(C)C)c1. The van der Waals surface area contributed by atoms with E-state index in [1.807, 2.05) is 43.3 Å². The van der Waals surface area contributed by atoms with E-state index >= 15 is 0 Å². The lowest BCUT2D eigenvalue weighted by molar-refractivity contribution is -0.140. The quantitative estimate of drug-likeness (QED) is 0.265. The van der Waals surface area contributed by atoms with Gasteiger partial charge in [0.2, 0.25) is 0 Å². The van der Waals surface area contributed by atoms with E-state index in [1.165, 1.54) is 17.3 Å². The molecule has 2 aromatic rings. The number of unbranched alkanes of at least 4 members (excludes halogenated alkanes) is 2. The fourth-order valence-corrected chi connectivity index (χ4v) is 3.75. The number of likely N-dealkylation sites (tertiary alicyclic amines) is 1. The fraction of sp³-hybridized carbons (Fsp3) is 0.400. The number of hydrogen-bond donors (Lipinski definition) is 1. The number of likely N-dealkylation sites (N-methyl/N-ethyl adjacent to an activating group) is 1. The van der Waals surface area contributed by atoms with Crippen molar-refractivity contribution in [3.05, 3.63) is 65.5 Å². The molecule has 1 unspecified atom stereocenters. The lowest BCUT2D eigenvalue weighted by Gasteiger charge is -2.27. The van der Waals surface area contributed by atoms with Crippen LogP contribution in [0.3, 0.4) is 0 Å². The van der Waals surface area contributed by atoms with Crippen LogP contribution >= 0.6 is 0 Å². The number of benzene rings is 1. The summed E-state index contributed by atoms with van der Waals surface area (Å²) < 4.78 is 5.89. The fourth-order valence-electron chi connectivity index (χ4n) is 3.75. The molecular formula is C25H31N3O4. The molecule has 0 radical (unpaired) electrons. The summed E-state index contributed by atoms with van der Waals surface area (Å²) in [5.41, 5.74) is 1.26. The molecule has 0 bridgehead atoms. The van der Waals surface area contributed by atoms with Crippen LogP contribution in [0.1, 0.15) is 43.4 Å². The molecule has 1 aliphatic rings. The Morgan fingerprint density at radius 3 is 2.59 bits per heavy atom. The number of aliphatic hydroxyl groups excluding tert-OH is 1. The van der Waals surface area contributed by atoms with E-state index in [4.69, 9.17) is 4.74 Å². The summed E-state index contributed by atoms with van der Waals surface area (Å²) in [6.45, 7) is 3.69. The minimum Gasteiger partial charge on any atom is -0.507 e. The van der Waals surface area contributed by atoms with Crippen LogP contribution in [-0.2, 0) is 9.59 Å². The third-order valence-corrected chi connectivity index (χ3v) is 5.47. The molecule has 3 rings (SSSR count). The zero-order valence-electron chi connectivity index (χ0n) is 19.0. The topological polar surface area (TPSA) is 83.0 Å². The normalized spacial score (nSPS) is 17.9. The minimum absolute atomic E-state index is 0.0862. The van der Waals surface area contributed by atoms with Crippen molar-refractivity contribution in [3.8, 4) is 5.75 Å². The molecule has 7 nitrogen and oxygen atoms in total. The van der Waals surface area contributed by atoms with Gasteiger partial charge in [-0.1, -0.05) is 31.9 Å². The highest BCUT2D eigenvalue weighted by molar-refractivity contribution is 6.46. The summed E-state index contributed by atoms with van der Waals surface area (Å²) in [5.74, 6) is -0.808. The second-order valence-corrected chi connectivity index (χ2v) is 8.16. The lowest BCUT2D eigenvalue weighted by atomic mass is 9.95. The smallest absolute Gasteiger partial charge is 0.295 e. The van der Waals surface area contributed by atoms with Crippen LogP contribution in [0.4, 0.5) is 0 Å². The van der Waals surface area contributed by atoms with Crippen LogP contribution in [0.2, 0.25) is 0 Å². The third kappa shape index (κ3) is 5.34. The Hall–Kier alpha value is -3.19. The zero-order valence-corrected chi connectivity index (χ0v) is 19.0. The molecule has 1 aromatic heterocycles. The van der Waals surface area contributed by atoms with Crippen molar-refractivity contribution in [3.63, 3.8) is 0 Å². The molecule has 2 heterocycles. The van der Waals surface area contributed by atoms with Gasteiger partial charge in [-0.2, -0.15) is 0 Å².